The third-order valence-corrected chi connectivity index (χ3v) is 11.2. The van der Waals surface area contributed by atoms with Crippen molar-refractivity contribution >= 4 is 37.3 Å². The van der Waals surface area contributed by atoms with Gasteiger partial charge in [-0.15, -0.1) is 0 Å². The molecule has 2 heterocycles. The topological polar surface area (TPSA) is 107 Å². The molecule has 0 saturated carbocycles. The van der Waals surface area contributed by atoms with Crippen molar-refractivity contribution in [1.82, 2.24) is 8.61 Å². The van der Waals surface area contributed by atoms with Gasteiger partial charge in [-0.25, -0.2) is 16.8 Å². The van der Waals surface area contributed by atoms with Crippen molar-refractivity contribution in [2.24, 2.45) is 0 Å². The lowest BCUT2D eigenvalue weighted by Crippen LogP contribution is -2.32. The molecule has 0 aliphatic carbocycles. The van der Waals surface area contributed by atoms with E-state index in [9.17, 15) is 21.6 Å². The number of rotatable bonds is 9. The molecule has 2 fully saturated rings. The van der Waals surface area contributed by atoms with Gasteiger partial charge in [-0.1, -0.05) is 32.8 Å². The first kappa shape index (κ1) is 28.5. The molecule has 2 aromatic carbocycles. The number of sulfonamides is 2. The van der Waals surface area contributed by atoms with E-state index in [2.05, 4.69) is 10.2 Å². The van der Waals surface area contributed by atoms with Gasteiger partial charge in [-0.05, 0) is 62.1 Å². The predicted molar refractivity (Wildman–Crippen MR) is 150 cm³/mol. The zero-order chi connectivity index (χ0) is 27.3. The molecule has 1 N–H and O–H groups in total. The fourth-order valence-corrected chi connectivity index (χ4v) is 8.19. The Hall–Kier alpha value is -2.47. The Balaban J connectivity index is 1.66. The van der Waals surface area contributed by atoms with E-state index < -0.39 is 26.0 Å². The van der Waals surface area contributed by atoms with Gasteiger partial charge in [-0.2, -0.15) is 8.61 Å². The van der Waals surface area contributed by atoms with Crippen LogP contribution in [-0.4, -0.2) is 70.6 Å². The van der Waals surface area contributed by atoms with Gasteiger partial charge in [0.2, 0.25) is 20.0 Å². The molecule has 0 bridgehead atoms. The molecule has 9 nitrogen and oxygen atoms in total. The van der Waals surface area contributed by atoms with Gasteiger partial charge in [0.25, 0.3) is 5.91 Å². The highest BCUT2D eigenvalue weighted by atomic mass is 32.2. The lowest BCUT2D eigenvalue weighted by Gasteiger charge is -2.24. The number of anilines is 2. The molecular formula is C27H38N4O5S2. The molecule has 11 heteroatoms. The number of amides is 1. The molecule has 2 aliphatic rings. The van der Waals surface area contributed by atoms with Crippen LogP contribution in [0.2, 0.25) is 0 Å². The van der Waals surface area contributed by atoms with Crippen LogP contribution in [0.25, 0.3) is 0 Å². The molecule has 208 valence electrons. The maximum atomic E-state index is 13.4. The van der Waals surface area contributed by atoms with Crippen molar-refractivity contribution in [2.75, 3.05) is 49.5 Å². The molecule has 1 amide bonds. The highest BCUT2D eigenvalue weighted by molar-refractivity contribution is 7.89. The second-order valence-corrected chi connectivity index (χ2v) is 13.6. The second kappa shape index (κ2) is 12.1. The first-order valence-corrected chi connectivity index (χ1v) is 16.4. The van der Waals surface area contributed by atoms with Gasteiger partial charge in [-0.3, -0.25) is 4.79 Å². The third-order valence-electron chi connectivity index (χ3n) is 7.31. The fourth-order valence-electron chi connectivity index (χ4n) is 5.15. The Morgan fingerprint density at radius 3 is 2.08 bits per heavy atom. The zero-order valence-electron chi connectivity index (χ0n) is 22.2. The predicted octanol–water partition coefficient (Wildman–Crippen LogP) is 4.13. The largest absolute Gasteiger partial charge is 0.370 e. The van der Waals surface area contributed by atoms with E-state index in [-0.39, 0.29) is 15.4 Å². The number of carbonyl (C=O) groups is 1. The van der Waals surface area contributed by atoms with Crippen LogP contribution in [0, 0.1) is 0 Å². The quantitative estimate of drug-likeness (QED) is 0.493. The number of carbonyl (C=O) groups excluding carboxylic acids is 1. The average molecular weight is 563 g/mol. The molecule has 38 heavy (non-hydrogen) atoms. The van der Waals surface area contributed by atoms with Gasteiger partial charge >= 0.3 is 0 Å². The number of hydrogen-bond donors (Lipinski definition) is 1. The minimum Gasteiger partial charge on any atom is -0.370 e. The lowest BCUT2D eigenvalue weighted by molar-refractivity contribution is 0.102. The number of nitrogens with zero attached hydrogens (tertiary/aromatic N) is 3. The fraction of sp³-hybridized carbons (Fsp3) is 0.519. The molecular weight excluding hydrogens is 524 g/mol. The van der Waals surface area contributed by atoms with Crippen molar-refractivity contribution in [3.05, 3.63) is 48.0 Å². The summed E-state index contributed by atoms with van der Waals surface area (Å²) in [6.07, 6.45) is 5.71. The highest BCUT2D eigenvalue weighted by Gasteiger charge is 2.27. The van der Waals surface area contributed by atoms with E-state index >= 15 is 0 Å². The van der Waals surface area contributed by atoms with Crippen LogP contribution >= 0.6 is 0 Å². The van der Waals surface area contributed by atoms with Crippen molar-refractivity contribution < 1.29 is 21.6 Å². The summed E-state index contributed by atoms with van der Waals surface area (Å²) in [5.41, 5.74) is 1.35. The van der Waals surface area contributed by atoms with Crippen LogP contribution in [-0.2, 0) is 20.0 Å². The molecule has 0 aromatic heterocycles. The molecule has 4 rings (SSSR count). The number of benzene rings is 2. The number of hydrogen-bond acceptors (Lipinski definition) is 6. The van der Waals surface area contributed by atoms with Crippen LogP contribution in [0.4, 0.5) is 11.4 Å². The first-order chi connectivity index (χ1) is 18.2. The Bertz CT molecular complexity index is 1340. The van der Waals surface area contributed by atoms with E-state index in [1.54, 1.807) is 38.1 Å². The molecule has 0 spiro atoms. The van der Waals surface area contributed by atoms with E-state index in [1.807, 2.05) is 0 Å². The van der Waals surface area contributed by atoms with Crippen molar-refractivity contribution in [2.45, 2.75) is 62.2 Å². The summed E-state index contributed by atoms with van der Waals surface area (Å²) in [5, 5.41) is 2.89. The minimum absolute atomic E-state index is 0.0877. The van der Waals surface area contributed by atoms with Crippen LogP contribution in [0.15, 0.2) is 52.3 Å². The monoisotopic (exact) mass is 562 g/mol. The first-order valence-electron chi connectivity index (χ1n) is 13.5. The van der Waals surface area contributed by atoms with E-state index in [0.29, 0.717) is 31.9 Å². The smallest absolute Gasteiger partial charge is 0.255 e. The van der Waals surface area contributed by atoms with Crippen LogP contribution in [0.3, 0.4) is 0 Å². The zero-order valence-corrected chi connectivity index (χ0v) is 23.9. The van der Waals surface area contributed by atoms with E-state index in [4.69, 9.17) is 0 Å². The summed E-state index contributed by atoms with van der Waals surface area (Å²) in [6, 6.07) is 10.9. The van der Waals surface area contributed by atoms with Crippen LogP contribution < -0.4 is 10.2 Å². The molecule has 2 aromatic rings. The molecule has 2 saturated heterocycles. The summed E-state index contributed by atoms with van der Waals surface area (Å²) in [7, 11) is -7.44. The summed E-state index contributed by atoms with van der Waals surface area (Å²) in [5.74, 6) is -0.490. The van der Waals surface area contributed by atoms with Gasteiger partial charge in [0.1, 0.15) is 0 Å². The van der Waals surface area contributed by atoms with E-state index in [0.717, 1.165) is 57.3 Å². The average Bonchev–Trinajstić information content (AvgIpc) is 3.30. The molecule has 0 unspecified atom stereocenters. The summed E-state index contributed by atoms with van der Waals surface area (Å²) < 4.78 is 55.9. The maximum absolute atomic E-state index is 13.4. The lowest BCUT2D eigenvalue weighted by atomic mass is 10.2. The molecule has 2 aliphatic heterocycles. The standard InChI is InChI=1S/C27H38N4O5S2/c1-3-30(4-2)37(33,34)24-14-15-26(29-16-9-10-17-29)25(21-24)28-27(32)22-12-11-13-23(20-22)38(35,36)31-18-7-5-6-8-19-31/h11-15,20-21H,3-10,16-19H2,1-2H3,(H,28,32). The van der Waals surface area contributed by atoms with Crippen LogP contribution in [0.5, 0.6) is 0 Å². The number of nitrogens with one attached hydrogen (secondary N) is 1. The van der Waals surface area contributed by atoms with Crippen molar-refractivity contribution in [1.29, 1.82) is 0 Å². The summed E-state index contributed by atoms with van der Waals surface area (Å²) >= 11 is 0. The minimum atomic E-state index is -3.73. The Kier molecular flexibility index (Phi) is 9.12. The van der Waals surface area contributed by atoms with Gasteiger partial charge < -0.3 is 10.2 Å². The normalized spacial score (nSPS) is 17.5. The molecule has 0 atom stereocenters. The SMILES string of the molecule is CCN(CC)S(=O)(=O)c1ccc(N2CCCC2)c(NC(=O)c2cccc(S(=O)(=O)N3CCCCCC3)c2)c1. The Morgan fingerprint density at radius 2 is 1.45 bits per heavy atom. The van der Waals surface area contributed by atoms with Crippen molar-refractivity contribution in [3.63, 3.8) is 0 Å². The van der Waals surface area contributed by atoms with E-state index in [1.165, 1.54) is 26.8 Å². The Morgan fingerprint density at radius 1 is 0.816 bits per heavy atom. The maximum Gasteiger partial charge on any atom is 0.255 e. The Labute approximate surface area is 226 Å². The summed E-state index contributed by atoms with van der Waals surface area (Å²) in [6.45, 7) is 6.84. The van der Waals surface area contributed by atoms with Gasteiger partial charge in [0, 0.05) is 44.8 Å². The molecule has 0 radical (unpaired) electrons. The highest BCUT2D eigenvalue weighted by Crippen LogP contribution is 2.33. The third kappa shape index (κ3) is 6.06. The summed E-state index contributed by atoms with van der Waals surface area (Å²) in [4.78, 5) is 15.7. The van der Waals surface area contributed by atoms with Gasteiger partial charge in [0.15, 0.2) is 0 Å². The van der Waals surface area contributed by atoms with Crippen molar-refractivity contribution in [3.8, 4) is 0 Å². The van der Waals surface area contributed by atoms with Gasteiger partial charge in [0.05, 0.1) is 21.2 Å². The second-order valence-electron chi connectivity index (χ2n) is 9.76. The van der Waals surface area contributed by atoms with Crippen LogP contribution in [0.1, 0.15) is 62.7 Å².